The summed E-state index contributed by atoms with van der Waals surface area (Å²) in [5, 5.41) is 5.85. The number of para-hydroxylation sites is 1. The van der Waals surface area contributed by atoms with Gasteiger partial charge in [0.15, 0.2) is 0 Å². The van der Waals surface area contributed by atoms with Crippen molar-refractivity contribution in [1.29, 1.82) is 0 Å². The van der Waals surface area contributed by atoms with Crippen molar-refractivity contribution in [1.82, 2.24) is 5.32 Å². The average molecular weight is 332 g/mol. The summed E-state index contributed by atoms with van der Waals surface area (Å²) in [5.41, 5.74) is 1.35. The Morgan fingerprint density at radius 2 is 1.62 bits per heavy atom. The molecule has 24 heavy (non-hydrogen) atoms. The predicted molar refractivity (Wildman–Crippen MR) is 95.1 cm³/mol. The summed E-state index contributed by atoms with van der Waals surface area (Å²) in [6.45, 7) is 9.36. The van der Waals surface area contributed by atoms with Gasteiger partial charge in [0.1, 0.15) is 11.1 Å². The lowest BCUT2D eigenvalue weighted by Crippen LogP contribution is -2.56. The number of alkyl carbamates (subject to hydrolysis) is 1. The molecule has 0 unspecified atom stereocenters. The zero-order valence-electron chi connectivity index (χ0n) is 15.3. The number of aryl methyl sites for hydroxylation is 2. The van der Waals surface area contributed by atoms with Crippen molar-refractivity contribution in [2.75, 3.05) is 5.32 Å². The summed E-state index contributed by atoms with van der Waals surface area (Å²) in [6, 6.07) is 5.89. The summed E-state index contributed by atoms with van der Waals surface area (Å²) in [7, 11) is 0. The van der Waals surface area contributed by atoms with Crippen molar-refractivity contribution in [3.63, 3.8) is 0 Å². The van der Waals surface area contributed by atoms with Gasteiger partial charge in [0.25, 0.3) is 0 Å². The van der Waals surface area contributed by atoms with E-state index in [1.165, 1.54) is 0 Å². The lowest BCUT2D eigenvalue weighted by atomic mass is 9.95. The van der Waals surface area contributed by atoms with Crippen LogP contribution in [0.25, 0.3) is 0 Å². The second-order valence-electron chi connectivity index (χ2n) is 7.64. The molecule has 1 aliphatic rings. The van der Waals surface area contributed by atoms with Gasteiger partial charge in [0, 0.05) is 5.69 Å². The Morgan fingerprint density at radius 3 is 2.12 bits per heavy atom. The van der Waals surface area contributed by atoms with Crippen LogP contribution in [-0.2, 0) is 9.53 Å². The number of carbonyl (C=O) groups excluding carboxylic acids is 2. The second-order valence-corrected chi connectivity index (χ2v) is 7.64. The molecule has 132 valence electrons. The number of carbonyl (C=O) groups is 2. The first-order valence-corrected chi connectivity index (χ1v) is 8.52. The molecular formula is C19H28N2O3. The van der Waals surface area contributed by atoms with Crippen molar-refractivity contribution in [3.8, 4) is 0 Å². The van der Waals surface area contributed by atoms with E-state index in [0.717, 1.165) is 29.7 Å². The Morgan fingerprint density at radius 1 is 1.08 bits per heavy atom. The van der Waals surface area contributed by atoms with Gasteiger partial charge in [-0.25, -0.2) is 4.79 Å². The van der Waals surface area contributed by atoms with Gasteiger partial charge in [-0.15, -0.1) is 0 Å². The zero-order chi connectivity index (χ0) is 18.0. The van der Waals surface area contributed by atoms with Crippen LogP contribution in [0.3, 0.4) is 0 Å². The Hall–Kier alpha value is -2.04. The largest absolute Gasteiger partial charge is 0.444 e. The van der Waals surface area contributed by atoms with Crippen LogP contribution in [-0.4, -0.2) is 23.1 Å². The van der Waals surface area contributed by atoms with E-state index in [4.69, 9.17) is 4.74 Å². The Labute approximate surface area is 144 Å². The third-order valence-corrected chi connectivity index (χ3v) is 4.35. The van der Waals surface area contributed by atoms with Gasteiger partial charge in [-0.1, -0.05) is 31.0 Å². The maximum atomic E-state index is 13.0. The van der Waals surface area contributed by atoms with Gasteiger partial charge in [-0.2, -0.15) is 0 Å². The number of hydrogen-bond donors (Lipinski definition) is 2. The summed E-state index contributed by atoms with van der Waals surface area (Å²) in [4.78, 5) is 25.2. The van der Waals surface area contributed by atoms with Crippen LogP contribution in [0.1, 0.15) is 57.6 Å². The first-order valence-electron chi connectivity index (χ1n) is 8.52. The molecule has 1 aromatic rings. The molecule has 5 nitrogen and oxygen atoms in total. The van der Waals surface area contributed by atoms with E-state index < -0.39 is 17.2 Å². The Balaban J connectivity index is 2.17. The molecule has 2 rings (SSSR count). The summed E-state index contributed by atoms with van der Waals surface area (Å²) >= 11 is 0. The van der Waals surface area contributed by atoms with Crippen molar-refractivity contribution in [3.05, 3.63) is 29.3 Å². The van der Waals surface area contributed by atoms with Gasteiger partial charge in [0.2, 0.25) is 5.91 Å². The summed E-state index contributed by atoms with van der Waals surface area (Å²) < 4.78 is 5.34. The van der Waals surface area contributed by atoms with Crippen LogP contribution in [0.5, 0.6) is 0 Å². The number of amides is 2. The number of anilines is 1. The Kier molecular flexibility index (Phi) is 5.21. The molecule has 0 spiro atoms. The number of rotatable bonds is 3. The van der Waals surface area contributed by atoms with Crippen LogP contribution in [0.2, 0.25) is 0 Å². The van der Waals surface area contributed by atoms with Gasteiger partial charge < -0.3 is 15.4 Å². The molecule has 2 N–H and O–H groups in total. The standard InChI is InChI=1S/C19H28N2O3/c1-13-9-8-10-14(2)15(13)20-16(22)19(11-6-7-12-19)21-17(23)24-18(3,4)5/h8-10H,6-7,11-12H2,1-5H3,(H,20,22)(H,21,23). The third-order valence-electron chi connectivity index (χ3n) is 4.35. The molecule has 2 amide bonds. The van der Waals surface area contributed by atoms with Crippen LogP contribution in [0, 0.1) is 13.8 Å². The molecule has 0 heterocycles. The highest BCUT2D eigenvalue weighted by molar-refractivity contribution is 6.01. The molecule has 1 aliphatic carbocycles. The zero-order valence-corrected chi connectivity index (χ0v) is 15.3. The fourth-order valence-corrected chi connectivity index (χ4v) is 3.13. The van der Waals surface area contributed by atoms with Crippen molar-refractivity contribution in [2.24, 2.45) is 0 Å². The van der Waals surface area contributed by atoms with E-state index in [9.17, 15) is 9.59 Å². The summed E-state index contributed by atoms with van der Waals surface area (Å²) in [5.74, 6) is -0.164. The van der Waals surface area contributed by atoms with Crippen LogP contribution >= 0.6 is 0 Å². The highest BCUT2D eigenvalue weighted by Gasteiger charge is 2.43. The van der Waals surface area contributed by atoms with Crippen LogP contribution in [0.4, 0.5) is 10.5 Å². The van der Waals surface area contributed by atoms with Gasteiger partial charge in [-0.3, -0.25) is 4.79 Å². The molecule has 1 aromatic carbocycles. The minimum Gasteiger partial charge on any atom is -0.444 e. The van der Waals surface area contributed by atoms with Crippen molar-refractivity contribution < 1.29 is 14.3 Å². The van der Waals surface area contributed by atoms with E-state index in [-0.39, 0.29) is 5.91 Å². The third kappa shape index (κ3) is 4.28. The molecule has 1 fully saturated rings. The quantitative estimate of drug-likeness (QED) is 0.876. The van der Waals surface area contributed by atoms with Gasteiger partial charge in [-0.05, 0) is 58.6 Å². The van der Waals surface area contributed by atoms with E-state index in [1.54, 1.807) is 0 Å². The highest BCUT2D eigenvalue weighted by Crippen LogP contribution is 2.32. The molecule has 0 saturated heterocycles. The smallest absolute Gasteiger partial charge is 0.408 e. The first-order chi connectivity index (χ1) is 11.1. The van der Waals surface area contributed by atoms with E-state index >= 15 is 0 Å². The highest BCUT2D eigenvalue weighted by atomic mass is 16.6. The average Bonchev–Trinajstić information content (AvgIpc) is 2.90. The maximum absolute atomic E-state index is 13.0. The van der Waals surface area contributed by atoms with Crippen LogP contribution < -0.4 is 10.6 Å². The van der Waals surface area contributed by atoms with Crippen molar-refractivity contribution in [2.45, 2.75) is 71.4 Å². The lowest BCUT2D eigenvalue weighted by molar-refractivity contribution is -0.122. The molecule has 0 radical (unpaired) electrons. The Bertz CT molecular complexity index is 606. The van der Waals surface area contributed by atoms with Gasteiger partial charge in [0.05, 0.1) is 0 Å². The fourth-order valence-electron chi connectivity index (χ4n) is 3.13. The second kappa shape index (κ2) is 6.83. The molecule has 0 bridgehead atoms. The van der Waals surface area contributed by atoms with E-state index in [1.807, 2.05) is 52.8 Å². The molecule has 0 aliphatic heterocycles. The van der Waals surface area contributed by atoms with Crippen molar-refractivity contribution >= 4 is 17.7 Å². The van der Waals surface area contributed by atoms with Gasteiger partial charge >= 0.3 is 6.09 Å². The fraction of sp³-hybridized carbons (Fsp3) is 0.579. The lowest BCUT2D eigenvalue weighted by Gasteiger charge is -2.31. The summed E-state index contributed by atoms with van der Waals surface area (Å²) in [6.07, 6.45) is 2.54. The van der Waals surface area contributed by atoms with E-state index in [2.05, 4.69) is 10.6 Å². The number of hydrogen-bond acceptors (Lipinski definition) is 3. The number of ether oxygens (including phenoxy) is 1. The SMILES string of the molecule is Cc1cccc(C)c1NC(=O)C1(NC(=O)OC(C)(C)C)CCCC1. The molecule has 1 saturated carbocycles. The monoisotopic (exact) mass is 332 g/mol. The minimum absolute atomic E-state index is 0.164. The first kappa shape index (κ1) is 18.3. The molecular weight excluding hydrogens is 304 g/mol. The minimum atomic E-state index is -0.892. The molecule has 5 heteroatoms. The normalized spacial score (nSPS) is 16.5. The maximum Gasteiger partial charge on any atom is 0.408 e. The molecule has 0 atom stereocenters. The number of nitrogens with one attached hydrogen (secondary N) is 2. The number of benzene rings is 1. The molecule has 0 aromatic heterocycles. The van der Waals surface area contributed by atoms with Crippen LogP contribution in [0.15, 0.2) is 18.2 Å². The van der Waals surface area contributed by atoms with E-state index in [0.29, 0.717) is 12.8 Å². The predicted octanol–water partition coefficient (Wildman–Crippen LogP) is 4.08. The topological polar surface area (TPSA) is 67.4 Å².